The number of rotatable bonds is 7. The molecule has 0 aliphatic rings. The van der Waals surface area contributed by atoms with Crippen molar-refractivity contribution < 1.29 is 17.9 Å². The molecule has 4 rings (SSSR count). The maximum absolute atomic E-state index is 13.0. The van der Waals surface area contributed by atoms with Gasteiger partial charge in [-0.05, 0) is 24.3 Å². The van der Waals surface area contributed by atoms with Gasteiger partial charge in [-0.25, -0.2) is 13.4 Å². The van der Waals surface area contributed by atoms with Gasteiger partial charge in [0.1, 0.15) is 21.4 Å². The second-order valence-electron chi connectivity index (χ2n) is 6.61. The van der Waals surface area contributed by atoms with E-state index >= 15 is 0 Å². The van der Waals surface area contributed by atoms with Gasteiger partial charge in [-0.3, -0.25) is 4.72 Å². The van der Waals surface area contributed by atoms with Gasteiger partial charge in [-0.1, -0.05) is 42.5 Å². The molecule has 158 valence electrons. The molecule has 1 N–H and O–H groups in total. The van der Waals surface area contributed by atoms with E-state index < -0.39 is 10.0 Å². The fraction of sp³-hybridized carbons (Fsp3) is 0.0870. The van der Waals surface area contributed by atoms with Crippen LogP contribution in [0, 0.1) is 0 Å². The molecule has 0 saturated carbocycles. The van der Waals surface area contributed by atoms with Gasteiger partial charge in [0.25, 0.3) is 10.0 Å². The monoisotopic (exact) mass is 452 g/mol. The highest BCUT2D eigenvalue weighted by atomic mass is 32.2. The fourth-order valence-electron chi connectivity index (χ4n) is 3.07. The Kier molecular flexibility index (Phi) is 5.92. The topological polar surface area (TPSA) is 77.5 Å². The number of aromatic nitrogens is 1. The normalized spacial score (nSPS) is 11.2. The van der Waals surface area contributed by atoms with Crippen LogP contribution in [-0.4, -0.2) is 27.6 Å². The summed E-state index contributed by atoms with van der Waals surface area (Å²) in [5.41, 5.74) is 3.08. The van der Waals surface area contributed by atoms with E-state index in [1.807, 2.05) is 41.8 Å². The van der Waals surface area contributed by atoms with Crippen LogP contribution in [0.15, 0.2) is 83.1 Å². The minimum Gasteiger partial charge on any atom is -0.497 e. The number of nitrogens with one attached hydrogen (secondary N) is 1. The number of hydrogen-bond acceptors (Lipinski definition) is 6. The zero-order valence-corrected chi connectivity index (χ0v) is 18.5. The van der Waals surface area contributed by atoms with Crippen molar-refractivity contribution >= 4 is 27.0 Å². The maximum atomic E-state index is 13.0. The number of ether oxygens (including phenoxy) is 2. The molecule has 6 nitrogen and oxygen atoms in total. The molecule has 0 unspecified atom stereocenters. The molecular formula is C23H20N2O4S2. The van der Waals surface area contributed by atoms with Gasteiger partial charge < -0.3 is 9.47 Å². The van der Waals surface area contributed by atoms with Crippen LogP contribution in [0.1, 0.15) is 0 Å². The molecule has 0 radical (unpaired) electrons. The zero-order chi connectivity index (χ0) is 21.8. The summed E-state index contributed by atoms with van der Waals surface area (Å²) in [5, 5.41) is 2.87. The van der Waals surface area contributed by atoms with Crippen LogP contribution in [0.2, 0.25) is 0 Å². The van der Waals surface area contributed by atoms with Gasteiger partial charge in [0.15, 0.2) is 0 Å². The smallest absolute Gasteiger partial charge is 0.265 e. The van der Waals surface area contributed by atoms with E-state index in [9.17, 15) is 8.42 Å². The number of nitrogens with zero attached hydrogens (tertiary/aromatic N) is 1. The lowest BCUT2D eigenvalue weighted by Gasteiger charge is -2.13. The summed E-state index contributed by atoms with van der Waals surface area (Å²) in [6.45, 7) is 0. The van der Waals surface area contributed by atoms with Gasteiger partial charge in [-0.2, -0.15) is 0 Å². The fourth-order valence-corrected chi connectivity index (χ4v) is 5.11. The lowest BCUT2D eigenvalue weighted by Crippen LogP contribution is -2.14. The van der Waals surface area contributed by atoms with Crippen LogP contribution in [0.3, 0.4) is 0 Å². The average Bonchev–Trinajstić information content (AvgIpc) is 3.29. The van der Waals surface area contributed by atoms with Crippen LogP contribution in [-0.2, 0) is 10.0 Å². The minimum absolute atomic E-state index is 0.0289. The van der Waals surface area contributed by atoms with E-state index in [-0.39, 0.29) is 10.6 Å². The van der Waals surface area contributed by atoms with E-state index in [0.717, 1.165) is 21.8 Å². The molecule has 0 fully saturated rings. The molecule has 4 aromatic rings. The average molecular weight is 453 g/mol. The summed E-state index contributed by atoms with van der Waals surface area (Å²) in [5.74, 6) is 0.713. The van der Waals surface area contributed by atoms with Crippen LogP contribution >= 0.6 is 11.3 Å². The van der Waals surface area contributed by atoms with E-state index in [4.69, 9.17) is 14.5 Å². The molecule has 0 aliphatic carbocycles. The quantitative estimate of drug-likeness (QED) is 0.412. The Bertz CT molecular complexity index is 1300. The second kappa shape index (κ2) is 8.79. The zero-order valence-electron chi connectivity index (χ0n) is 16.9. The highest BCUT2D eigenvalue weighted by Gasteiger charge is 2.20. The van der Waals surface area contributed by atoms with Crippen molar-refractivity contribution in [1.82, 2.24) is 4.98 Å². The molecular weight excluding hydrogens is 432 g/mol. The molecule has 3 aromatic carbocycles. The Morgan fingerprint density at radius 2 is 1.65 bits per heavy atom. The molecule has 1 heterocycles. The summed E-state index contributed by atoms with van der Waals surface area (Å²) < 4.78 is 38.9. The Morgan fingerprint density at radius 3 is 2.39 bits per heavy atom. The molecule has 1 aromatic heterocycles. The first-order valence-electron chi connectivity index (χ1n) is 9.36. The van der Waals surface area contributed by atoms with Crippen LogP contribution in [0.25, 0.3) is 21.8 Å². The number of hydrogen-bond donors (Lipinski definition) is 1. The molecule has 8 heteroatoms. The molecule has 0 amide bonds. The Hall–Kier alpha value is -3.36. The molecule has 0 saturated heterocycles. The third-order valence-electron chi connectivity index (χ3n) is 4.60. The lowest BCUT2D eigenvalue weighted by atomic mass is 10.1. The number of thiazole rings is 1. The van der Waals surface area contributed by atoms with Crippen molar-refractivity contribution in [2.75, 3.05) is 18.9 Å². The molecule has 0 aliphatic heterocycles. The molecule has 0 atom stereocenters. The summed E-state index contributed by atoms with van der Waals surface area (Å²) in [6.07, 6.45) is 0. The molecule has 0 spiro atoms. The summed E-state index contributed by atoms with van der Waals surface area (Å²) in [6, 6.07) is 21.6. The van der Waals surface area contributed by atoms with Crippen LogP contribution in [0.5, 0.6) is 11.5 Å². The van der Waals surface area contributed by atoms with Gasteiger partial charge in [0, 0.05) is 28.3 Å². The second-order valence-corrected chi connectivity index (χ2v) is 9.12. The highest BCUT2D eigenvalue weighted by Crippen LogP contribution is 2.32. The number of sulfonamides is 1. The van der Waals surface area contributed by atoms with Crippen molar-refractivity contribution in [3.63, 3.8) is 0 Å². The Morgan fingerprint density at radius 1 is 0.871 bits per heavy atom. The van der Waals surface area contributed by atoms with Crippen molar-refractivity contribution in [1.29, 1.82) is 0 Å². The minimum atomic E-state index is -3.87. The SMILES string of the molecule is COc1ccc(S(=O)(=O)Nc2cccc(-c3csc(-c4ccccc4)n3)c2)c(OC)c1. The van der Waals surface area contributed by atoms with E-state index in [1.165, 1.54) is 26.4 Å². The van der Waals surface area contributed by atoms with Gasteiger partial charge >= 0.3 is 0 Å². The lowest BCUT2D eigenvalue weighted by molar-refractivity contribution is 0.386. The van der Waals surface area contributed by atoms with Crippen LogP contribution < -0.4 is 14.2 Å². The van der Waals surface area contributed by atoms with Crippen LogP contribution in [0.4, 0.5) is 5.69 Å². The van der Waals surface area contributed by atoms with E-state index in [2.05, 4.69) is 4.72 Å². The summed E-state index contributed by atoms with van der Waals surface area (Å²) in [4.78, 5) is 4.73. The van der Waals surface area contributed by atoms with Gasteiger partial charge in [-0.15, -0.1) is 11.3 Å². The highest BCUT2D eigenvalue weighted by molar-refractivity contribution is 7.92. The van der Waals surface area contributed by atoms with Crippen molar-refractivity contribution in [3.05, 3.63) is 78.2 Å². The van der Waals surface area contributed by atoms with Crippen molar-refractivity contribution in [3.8, 4) is 33.3 Å². The van der Waals surface area contributed by atoms with Crippen molar-refractivity contribution in [2.45, 2.75) is 4.90 Å². The van der Waals surface area contributed by atoms with E-state index in [1.54, 1.807) is 35.6 Å². The Balaban J connectivity index is 1.62. The number of anilines is 1. The predicted octanol–water partition coefficient (Wildman–Crippen LogP) is 5.30. The van der Waals surface area contributed by atoms with E-state index in [0.29, 0.717) is 11.4 Å². The first-order valence-corrected chi connectivity index (χ1v) is 11.7. The predicted molar refractivity (Wildman–Crippen MR) is 123 cm³/mol. The third kappa shape index (κ3) is 4.55. The first kappa shape index (κ1) is 20.9. The third-order valence-corrected chi connectivity index (χ3v) is 6.91. The standard InChI is InChI=1S/C23H20N2O4S2/c1-28-19-11-12-22(21(14-19)29-2)31(26,27)25-18-10-6-9-17(13-18)20-15-30-23(24-20)16-7-4-3-5-8-16/h3-15,25H,1-2H3. The Labute approximate surface area is 185 Å². The van der Waals surface area contributed by atoms with Gasteiger partial charge in [0.2, 0.25) is 0 Å². The number of methoxy groups -OCH3 is 2. The number of benzene rings is 3. The summed E-state index contributed by atoms with van der Waals surface area (Å²) >= 11 is 1.54. The molecule has 31 heavy (non-hydrogen) atoms. The van der Waals surface area contributed by atoms with Crippen molar-refractivity contribution in [2.24, 2.45) is 0 Å². The summed E-state index contributed by atoms with van der Waals surface area (Å²) in [7, 11) is -0.940. The maximum Gasteiger partial charge on any atom is 0.265 e. The largest absolute Gasteiger partial charge is 0.497 e. The molecule has 0 bridgehead atoms. The van der Waals surface area contributed by atoms with Gasteiger partial charge in [0.05, 0.1) is 19.9 Å². The first-order chi connectivity index (χ1) is 15.0.